The average Bonchev–Trinajstić information content (AvgIpc) is 2.51. The van der Waals surface area contributed by atoms with Gasteiger partial charge >= 0.3 is 24.4 Å². The summed E-state index contributed by atoms with van der Waals surface area (Å²) in [7, 11) is 0. The van der Waals surface area contributed by atoms with Gasteiger partial charge in [0, 0.05) is 5.56 Å². The van der Waals surface area contributed by atoms with Crippen molar-refractivity contribution in [3.8, 4) is 16.9 Å². The molecule has 0 aliphatic carbocycles. The standard InChI is InChI=1S/C18H12F10O/c1-9-7-10(2)14(11-3-5-12(6-4-11)29-18(26,27)28)13(8-9)15(19,16(20,21)22)17(23,24)25/h3-8H,1-2H3. The molecule has 0 aliphatic heterocycles. The predicted octanol–water partition coefficient (Wildman–Crippen LogP) is 7.16. The fourth-order valence-corrected chi connectivity index (χ4v) is 2.91. The number of alkyl halides is 10. The van der Waals surface area contributed by atoms with E-state index in [1.54, 1.807) is 0 Å². The van der Waals surface area contributed by atoms with E-state index in [4.69, 9.17) is 0 Å². The van der Waals surface area contributed by atoms with E-state index >= 15 is 0 Å². The third kappa shape index (κ3) is 4.43. The van der Waals surface area contributed by atoms with Gasteiger partial charge in [0.05, 0.1) is 0 Å². The van der Waals surface area contributed by atoms with E-state index in [0.29, 0.717) is 18.2 Å². The molecule has 0 heterocycles. The Bertz CT molecular complexity index is 862. The van der Waals surface area contributed by atoms with E-state index in [9.17, 15) is 43.9 Å². The Morgan fingerprint density at radius 3 is 1.59 bits per heavy atom. The summed E-state index contributed by atoms with van der Waals surface area (Å²) in [5.41, 5.74) is -8.64. The number of hydrogen-bond donors (Lipinski definition) is 0. The van der Waals surface area contributed by atoms with Gasteiger partial charge < -0.3 is 4.74 Å². The first-order valence-corrected chi connectivity index (χ1v) is 7.77. The summed E-state index contributed by atoms with van der Waals surface area (Å²) in [6.07, 6.45) is -17.7. The minimum absolute atomic E-state index is 0.0613. The van der Waals surface area contributed by atoms with Crippen molar-refractivity contribution in [1.29, 1.82) is 0 Å². The van der Waals surface area contributed by atoms with Crippen LogP contribution in [0.15, 0.2) is 36.4 Å². The molecule has 160 valence electrons. The molecule has 29 heavy (non-hydrogen) atoms. The van der Waals surface area contributed by atoms with E-state index in [-0.39, 0.29) is 16.7 Å². The number of hydrogen-bond acceptors (Lipinski definition) is 1. The molecule has 2 aromatic rings. The minimum atomic E-state index is -6.33. The molecular formula is C18H12F10O. The second-order valence-corrected chi connectivity index (χ2v) is 6.23. The molecular weight excluding hydrogens is 422 g/mol. The highest BCUT2D eigenvalue weighted by atomic mass is 19.4. The molecule has 11 heteroatoms. The van der Waals surface area contributed by atoms with Crippen LogP contribution in [0.1, 0.15) is 16.7 Å². The summed E-state index contributed by atoms with van der Waals surface area (Å²) >= 11 is 0. The lowest BCUT2D eigenvalue weighted by molar-refractivity contribution is -0.348. The normalized spacial score (nSPS) is 13.5. The Morgan fingerprint density at radius 1 is 0.690 bits per heavy atom. The molecule has 0 saturated heterocycles. The first-order chi connectivity index (χ1) is 13.0. The van der Waals surface area contributed by atoms with Crippen molar-refractivity contribution >= 4 is 0 Å². The lowest BCUT2D eigenvalue weighted by Crippen LogP contribution is -2.50. The fourth-order valence-electron chi connectivity index (χ4n) is 2.91. The predicted molar refractivity (Wildman–Crippen MR) is 82.9 cm³/mol. The van der Waals surface area contributed by atoms with Gasteiger partial charge in [-0.3, -0.25) is 0 Å². The van der Waals surface area contributed by atoms with Crippen LogP contribution in [-0.4, -0.2) is 18.7 Å². The van der Waals surface area contributed by atoms with E-state index in [1.807, 2.05) is 0 Å². The molecule has 0 bridgehead atoms. The zero-order chi connectivity index (χ0) is 22.4. The molecule has 0 aromatic heterocycles. The van der Waals surface area contributed by atoms with Gasteiger partial charge in [-0.2, -0.15) is 26.3 Å². The molecule has 2 rings (SSSR count). The maximum absolute atomic E-state index is 14.7. The van der Waals surface area contributed by atoms with Crippen LogP contribution in [0.3, 0.4) is 0 Å². The van der Waals surface area contributed by atoms with Crippen LogP contribution in [0.2, 0.25) is 0 Å². The molecule has 0 fully saturated rings. The van der Waals surface area contributed by atoms with Gasteiger partial charge in [0.15, 0.2) is 0 Å². The zero-order valence-corrected chi connectivity index (χ0v) is 14.7. The van der Waals surface area contributed by atoms with Crippen LogP contribution in [0.4, 0.5) is 43.9 Å². The Kier molecular flexibility index (Phi) is 5.59. The van der Waals surface area contributed by atoms with Crippen molar-refractivity contribution in [2.45, 2.75) is 38.2 Å². The molecule has 0 spiro atoms. The van der Waals surface area contributed by atoms with Gasteiger partial charge in [0.25, 0.3) is 0 Å². The molecule has 0 radical (unpaired) electrons. The molecule has 2 aromatic carbocycles. The van der Waals surface area contributed by atoms with Crippen molar-refractivity contribution in [2.24, 2.45) is 0 Å². The molecule has 0 saturated carbocycles. The van der Waals surface area contributed by atoms with Crippen molar-refractivity contribution in [2.75, 3.05) is 0 Å². The van der Waals surface area contributed by atoms with Crippen molar-refractivity contribution in [1.82, 2.24) is 0 Å². The highest BCUT2D eigenvalue weighted by molar-refractivity contribution is 5.73. The van der Waals surface area contributed by atoms with E-state index < -0.39 is 41.3 Å². The molecule has 0 aliphatic rings. The highest BCUT2D eigenvalue weighted by Crippen LogP contribution is 2.55. The van der Waals surface area contributed by atoms with Crippen LogP contribution in [-0.2, 0) is 5.67 Å². The Hall–Kier alpha value is -2.46. The molecule has 0 unspecified atom stereocenters. The van der Waals surface area contributed by atoms with Crippen LogP contribution >= 0.6 is 0 Å². The summed E-state index contributed by atoms with van der Waals surface area (Å²) < 4.78 is 135. The van der Waals surface area contributed by atoms with Gasteiger partial charge in [0.2, 0.25) is 0 Å². The first-order valence-electron chi connectivity index (χ1n) is 7.77. The van der Waals surface area contributed by atoms with E-state index in [1.165, 1.54) is 19.9 Å². The van der Waals surface area contributed by atoms with Gasteiger partial charge in [-0.05, 0) is 42.7 Å². The van der Waals surface area contributed by atoms with Crippen LogP contribution < -0.4 is 4.74 Å². The third-order valence-corrected chi connectivity index (χ3v) is 4.01. The quantitative estimate of drug-likeness (QED) is 0.466. The summed E-state index contributed by atoms with van der Waals surface area (Å²) in [4.78, 5) is 0. The second-order valence-electron chi connectivity index (χ2n) is 6.23. The Labute approximate surface area is 157 Å². The van der Waals surface area contributed by atoms with Crippen LogP contribution in [0.25, 0.3) is 11.1 Å². The molecule has 1 nitrogen and oxygen atoms in total. The van der Waals surface area contributed by atoms with Gasteiger partial charge in [-0.15, -0.1) is 13.2 Å². The van der Waals surface area contributed by atoms with Crippen LogP contribution in [0, 0.1) is 13.8 Å². The number of rotatable bonds is 3. The largest absolute Gasteiger partial charge is 0.573 e. The maximum Gasteiger partial charge on any atom is 0.573 e. The Morgan fingerprint density at radius 2 is 1.17 bits per heavy atom. The van der Waals surface area contributed by atoms with Crippen molar-refractivity contribution in [3.63, 3.8) is 0 Å². The van der Waals surface area contributed by atoms with Gasteiger partial charge in [0.1, 0.15) is 5.75 Å². The van der Waals surface area contributed by atoms with E-state index in [0.717, 1.165) is 12.1 Å². The summed E-state index contributed by atoms with van der Waals surface area (Å²) in [5, 5.41) is 0. The minimum Gasteiger partial charge on any atom is -0.406 e. The number of ether oxygens (including phenoxy) is 1. The van der Waals surface area contributed by atoms with Gasteiger partial charge in [-0.25, -0.2) is 4.39 Å². The van der Waals surface area contributed by atoms with Crippen molar-refractivity contribution < 1.29 is 48.6 Å². The van der Waals surface area contributed by atoms with E-state index in [2.05, 4.69) is 4.74 Å². The monoisotopic (exact) mass is 434 g/mol. The number of halogens is 10. The fraction of sp³-hybridized carbons (Fsp3) is 0.333. The lowest BCUT2D eigenvalue weighted by atomic mass is 9.83. The molecule has 0 atom stereocenters. The average molecular weight is 434 g/mol. The van der Waals surface area contributed by atoms with Crippen LogP contribution in [0.5, 0.6) is 5.75 Å². The third-order valence-electron chi connectivity index (χ3n) is 4.01. The van der Waals surface area contributed by atoms with Crippen molar-refractivity contribution in [3.05, 3.63) is 53.1 Å². The Balaban J connectivity index is 2.75. The highest BCUT2D eigenvalue weighted by Gasteiger charge is 2.74. The summed E-state index contributed by atoms with van der Waals surface area (Å²) in [5.74, 6) is -0.745. The number of aryl methyl sites for hydroxylation is 2. The molecule has 0 N–H and O–H groups in total. The molecule has 0 amide bonds. The van der Waals surface area contributed by atoms with Gasteiger partial charge in [-0.1, -0.05) is 29.8 Å². The maximum atomic E-state index is 14.7. The summed E-state index contributed by atoms with van der Waals surface area (Å²) in [6, 6.07) is 4.68. The SMILES string of the molecule is Cc1cc(C)c(-c2ccc(OC(F)(F)F)cc2)c(C(F)(C(F)(F)F)C(F)(F)F)c1. The smallest absolute Gasteiger partial charge is 0.406 e. The lowest BCUT2D eigenvalue weighted by Gasteiger charge is -2.32. The number of benzene rings is 2. The first kappa shape index (κ1) is 22.8. The zero-order valence-electron chi connectivity index (χ0n) is 14.7. The summed E-state index contributed by atoms with van der Waals surface area (Å²) in [6.45, 7) is 2.35. The topological polar surface area (TPSA) is 9.23 Å². The second kappa shape index (κ2) is 7.10.